The van der Waals surface area contributed by atoms with Crippen molar-refractivity contribution in [2.75, 3.05) is 11.4 Å². The van der Waals surface area contributed by atoms with Gasteiger partial charge >= 0.3 is 0 Å². The van der Waals surface area contributed by atoms with Crippen molar-refractivity contribution in [3.8, 4) is 0 Å². The van der Waals surface area contributed by atoms with Crippen molar-refractivity contribution < 1.29 is 13.5 Å². The lowest BCUT2D eigenvalue weighted by molar-refractivity contribution is 0.0648. The molecular formula is C21H18ClN3O3S. The molecule has 0 saturated heterocycles. The van der Waals surface area contributed by atoms with E-state index >= 15 is 0 Å². The standard InChI is InChI=1S/C21H18ClN3O3S/c22-17-8-10-18(11-9-17)25-14-21(26,16-4-2-1-3-5-16)24-20(25)15-6-12-19(13-7-15)29(23,27)28/h1-13,26H,14H2,(H2,23,27,28). The number of nitrogens with zero attached hydrogens (tertiary/aromatic N) is 2. The van der Waals surface area contributed by atoms with Crippen molar-refractivity contribution in [3.05, 3.63) is 95.0 Å². The first-order valence-electron chi connectivity index (χ1n) is 8.80. The molecule has 0 aromatic heterocycles. The number of nitrogens with two attached hydrogens (primary N) is 1. The minimum absolute atomic E-state index is 0.0104. The summed E-state index contributed by atoms with van der Waals surface area (Å²) in [4.78, 5) is 6.50. The number of β-amino-alcohol motifs (C(OH)–C–C–N with tert-alkyl or cyclic N) is 1. The number of halogens is 1. The second kappa shape index (κ2) is 7.27. The summed E-state index contributed by atoms with van der Waals surface area (Å²) in [5.74, 6) is 0.514. The van der Waals surface area contributed by atoms with Crippen LogP contribution in [0.15, 0.2) is 88.8 Å². The Morgan fingerprint density at radius 2 is 1.59 bits per heavy atom. The van der Waals surface area contributed by atoms with Crippen LogP contribution in [0.4, 0.5) is 5.69 Å². The van der Waals surface area contributed by atoms with E-state index in [2.05, 4.69) is 4.99 Å². The van der Waals surface area contributed by atoms with E-state index in [0.717, 1.165) is 5.69 Å². The normalized spacial score (nSPS) is 19.3. The van der Waals surface area contributed by atoms with Crippen LogP contribution in [0.25, 0.3) is 0 Å². The summed E-state index contributed by atoms with van der Waals surface area (Å²) in [5, 5.41) is 17.1. The Bertz CT molecular complexity index is 1160. The predicted molar refractivity (Wildman–Crippen MR) is 113 cm³/mol. The molecule has 3 aromatic carbocycles. The lowest BCUT2D eigenvalue weighted by Crippen LogP contribution is -2.34. The van der Waals surface area contributed by atoms with Gasteiger partial charge in [0.2, 0.25) is 15.7 Å². The van der Waals surface area contributed by atoms with Gasteiger partial charge < -0.3 is 10.0 Å². The summed E-state index contributed by atoms with van der Waals surface area (Å²) in [7, 11) is -3.80. The monoisotopic (exact) mass is 427 g/mol. The van der Waals surface area contributed by atoms with Crippen molar-refractivity contribution in [1.29, 1.82) is 0 Å². The minimum atomic E-state index is -3.80. The molecule has 6 nitrogen and oxygen atoms in total. The quantitative estimate of drug-likeness (QED) is 0.668. The number of sulfonamides is 1. The fraction of sp³-hybridized carbons (Fsp3) is 0.0952. The summed E-state index contributed by atoms with van der Waals surface area (Å²) in [6.07, 6.45) is 0. The Labute approximate surface area is 173 Å². The summed E-state index contributed by atoms with van der Waals surface area (Å²) >= 11 is 6.02. The number of amidine groups is 1. The second-order valence-corrected chi connectivity index (χ2v) is 8.75. The zero-order valence-corrected chi connectivity index (χ0v) is 16.8. The van der Waals surface area contributed by atoms with E-state index in [9.17, 15) is 13.5 Å². The molecule has 1 atom stereocenters. The second-order valence-electron chi connectivity index (χ2n) is 6.75. The maximum Gasteiger partial charge on any atom is 0.238 e. The number of anilines is 1. The molecule has 3 aromatic rings. The molecule has 0 bridgehead atoms. The SMILES string of the molecule is NS(=O)(=O)c1ccc(C2=NC(O)(c3ccccc3)CN2c2ccc(Cl)cc2)cc1. The highest BCUT2D eigenvalue weighted by molar-refractivity contribution is 7.89. The molecule has 8 heteroatoms. The highest BCUT2D eigenvalue weighted by atomic mass is 35.5. The third kappa shape index (κ3) is 3.90. The van der Waals surface area contributed by atoms with Crippen LogP contribution in [-0.2, 0) is 15.7 Å². The number of primary sulfonamides is 1. The third-order valence-electron chi connectivity index (χ3n) is 4.74. The number of aliphatic hydroxyl groups is 1. The van der Waals surface area contributed by atoms with Crippen LogP contribution in [0.3, 0.4) is 0 Å². The van der Waals surface area contributed by atoms with E-state index in [4.69, 9.17) is 16.7 Å². The molecule has 1 heterocycles. The van der Waals surface area contributed by atoms with Gasteiger partial charge in [-0.3, -0.25) is 0 Å². The van der Waals surface area contributed by atoms with Crippen molar-refractivity contribution in [2.24, 2.45) is 10.1 Å². The summed E-state index contributed by atoms with van der Waals surface area (Å²) < 4.78 is 23.1. The average molecular weight is 428 g/mol. The molecule has 148 valence electrons. The van der Waals surface area contributed by atoms with Crippen LogP contribution in [0.5, 0.6) is 0 Å². The molecule has 0 aliphatic carbocycles. The van der Waals surface area contributed by atoms with Gasteiger partial charge in [0.05, 0.1) is 11.4 Å². The molecule has 4 rings (SSSR count). The molecule has 3 N–H and O–H groups in total. The Balaban J connectivity index is 1.81. The molecule has 0 amide bonds. The maximum absolute atomic E-state index is 11.6. The van der Waals surface area contributed by atoms with Gasteiger partial charge in [0.25, 0.3) is 0 Å². The van der Waals surface area contributed by atoms with E-state index in [-0.39, 0.29) is 11.4 Å². The number of aliphatic imine (C=N–C) groups is 1. The van der Waals surface area contributed by atoms with Crippen LogP contribution in [-0.4, -0.2) is 25.9 Å². The molecule has 1 aliphatic heterocycles. The van der Waals surface area contributed by atoms with Gasteiger partial charge in [-0.2, -0.15) is 0 Å². The van der Waals surface area contributed by atoms with E-state index in [0.29, 0.717) is 22.0 Å². The predicted octanol–water partition coefficient (Wildman–Crippen LogP) is 3.10. The smallest absolute Gasteiger partial charge is 0.238 e. The zero-order chi connectivity index (χ0) is 20.6. The number of benzene rings is 3. The highest BCUT2D eigenvalue weighted by Crippen LogP contribution is 2.35. The summed E-state index contributed by atoms with van der Waals surface area (Å²) in [6, 6.07) is 22.5. The number of hydrogen-bond acceptors (Lipinski definition) is 5. The molecule has 0 radical (unpaired) electrons. The van der Waals surface area contributed by atoms with Gasteiger partial charge in [0, 0.05) is 21.8 Å². The van der Waals surface area contributed by atoms with Crippen LogP contribution < -0.4 is 10.0 Å². The Morgan fingerprint density at radius 1 is 0.966 bits per heavy atom. The Hall–Kier alpha value is -2.71. The van der Waals surface area contributed by atoms with Crippen LogP contribution >= 0.6 is 11.6 Å². The fourth-order valence-corrected chi connectivity index (χ4v) is 3.92. The first-order valence-corrected chi connectivity index (χ1v) is 10.7. The number of rotatable bonds is 4. The number of hydrogen-bond donors (Lipinski definition) is 2. The molecule has 0 spiro atoms. The van der Waals surface area contributed by atoms with Crippen molar-refractivity contribution in [3.63, 3.8) is 0 Å². The molecular weight excluding hydrogens is 410 g/mol. The minimum Gasteiger partial charge on any atom is -0.364 e. The van der Waals surface area contributed by atoms with Crippen molar-refractivity contribution in [1.82, 2.24) is 0 Å². The van der Waals surface area contributed by atoms with Gasteiger partial charge in [0.15, 0.2) is 0 Å². The Morgan fingerprint density at radius 3 is 2.17 bits per heavy atom. The van der Waals surface area contributed by atoms with Crippen molar-refractivity contribution >= 4 is 33.1 Å². The molecule has 29 heavy (non-hydrogen) atoms. The van der Waals surface area contributed by atoms with Crippen LogP contribution in [0, 0.1) is 0 Å². The third-order valence-corrected chi connectivity index (χ3v) is 5.92. The molecule has 1 aliphatic rings. The van der Waals surface area contributed by atoms with Gasteiger partial charge in [0.1, 0.15) is 5.84 Å². The first kappa shape index (κ1) is 19.6. The van der Waals surface area contributed by atoms with E-state index < -0.39 is 15.7 Å². The zero-order valence-electron chi connectivity index (χ0n) is 15.2. The molecule has 0 fully saturated rings. The largest absolute Gasteiger partial charge is 0.364 e. The summed E-state index contributed by atoms with van der Waals surface area (Å²) in [6.45, 7) is 0.199. The van der Waals surface area contributed by atoms with Crippen LogP contribution in [0.1, 0.15) is 11.1 Å². The fourth-order valence-electron chi connectivity index (χ4n) is 3.28. The lowest BCUT2D eigenvalue weighted by Gasteiger charge is -2.24. The van der Waals surface area contributed by atoms with Crippen LogP contribution in [0.2, 0.25) is 5.02 Å². The van der Waals surface area contributed by atoms with Crippen molar-refractivity contribution in [2.45, 2.75) is 10.6 Å². The van der Waals surface area contributed by atoms with E-state index in [1.165, 1.54) is 12.1 Å². The van der Waals surface area contributed by atoms with Gasteiger partial charge in [-0.1, -0.05) is 41.9 Å². The Kier molecular flexibility index (Phi) is 4.92. The average Bonchev–Trinajstić information content (AvgIpc) is 3.08. The van der Waals surface area contributed by atoms with Gasteiger partial charge in [-0.25, -0.2) is 18.5 Å². The molecule has 0 saturated carbocycles. The first-order chi connectivity index (χ1) is 13.8. The van der Waals surface area contributed by atoms with E-state index in [1.807, 2.05) is 47.4 Å². The van der Waals surface area contributed by atoms with Gasteiger partial charge in [-0.15, -0.1) is 0 Å². The van der Waals surface area contributed by atoms with Gasteiger partial charge in [-0.05, 0) is 48.5 Å². The summed E-state index contributed by atoms with van der Waals surface area (Å²) in [5.41, 5.74) is 0.666. The maximum atomic E-state index is 11.6. The van der Waals surface area contributed by atoms with E-state index in [1.54, 1.807) is 24.3 Å². The topological polar surface area (TPSA) is 96.0 Å². The molecule has 1 unspecified atom stereocenters. The lowest BCUT2D eigenvalue weighted by atomic mass is 10.0. The highest BCUT2D eigenvalue weighted by Gasteiger charge is 2.40.